The van der Waals surface area contributed by atoms with E-state index in [1.165, 1.54) is 24.0 Å². The molecular formula is C17H27NO. The van der Waals surface area contributed by atoms with E-state index in [9.17, 15) is 0 Å². The monoisotopic (exact) mass is 261 g/mol. The van der Waals surface area contributed by atoms with Crippen LogP contribution < -0.4 is 5.73 Å². The highest BCUT2D eigenvalue weighted by Crippen LogP contribution is 2.41. The van der Waals surface area contributed by atoms with Crippen molar-refractivity contribution in [1.82, 2.24) is 0 Å². The van der Waals surface area contributed by atoms with E-state index >= 15 is 0 Å². The second kappa shape index (κ2) is 6.06. The third-order valence-corrected chi connectivity index (χ3v) is 4.84. The first-order valence-corrected chi connectivity index (χ1v) is 7.51. The van der Waals surface area contributed by atoms with Crippen LogP contribution in [0, 0.1) is 0 Å². The van der Waals surface area contributed by atoms with Crippen molar-refractivity contribution in [3.05, 3.63) is 35.4 Å². The van der Waals surface area contributed by atoms with Crippen molar-refractivity contribution < 1.29 is 4.74 Å². The van der Waals surface area contributed by atoms with Crippen molar-refractivity contribution in [2.24, 2.45) is 5.73 Å². The quantitative estimate of drug-likeness (QED) is 0.834. The minimum Gasteiger partial charge on any atom is -0.378 e. The summed E-state index contributed by atoms with van der Waals surface area (Å²) in [6, 6.07) is 8.92. The molecule has 1 saturated carbocycles. The second-order valence-electron chi connectivity index (χ2n) is 6.03. The van der Waals surface area contributed by atoms with Gasteiger partial charge in [-0.05, 0) is 49.1 Å². The van der Waals surface area contributed by atoms with E-state index in [-0.39, 0.29) is 11.6 Å². The molecule has 2 N–H and O–H groups in total. The molecule has 0 aliphatic heterocycles. The van der Waals surface area contributed by atoms with Gasteiger partial charge in [-0.1, -0.05) is 38.1 Å². The third kappa shape index (κ3) is 3.18. The van der Waals surface area contributed by atoms with Crippen LogP contribution in [0.1, 0.15) is 69.0 Å². The molecule has 0 heterocycles. The Morgan fingerprint density at radius 3 is 2.21 bits per heavy atom. The van der Waals surface area contributed by atoms with E-state index in [1.54, 1.807) is 0 Å². The molecule has 106 valence electrons. The first kappa shape index (κ1) is 14.5. The average molecular weight is 261 g/mol. The van der Waals surface area contributed by atoms with Gasteiger partial charge >= 0.3 is 0 Å². The fourth-order valence-electron chi connectivity index (χ4n) is 2.89. The summed E-state index contributed by atoms with van der Waals surface area (Å²) in [5.74, 6) is 0.627. The van der Waals surface area contributed by atoms with Crippen LogP contribution >= 0.6 is 0 Å². The summed E-state index contributed by atoms with van der Waals surface area (Å²) in [5, 5.41) is 0. The highest BCUT2D eigenvalue weighted by atomic mass is 16.5. The van der Waals surface area contributed by atoms with Crippen molar-refractivity contribution in [2.45, 2.75) is 63.5 Å². The summed E-state index contributed by atoms with van der Waals surface area (Å²) < 4.78 is 5.67. The van der Waals surface area contributed by atoms with Crippen molar-refractivity contribution in [3.8, 4) is 0 Å². The predicted molar refractivity (Wildman–Crippen MR) is 80.3 cm³/mol. The molecule has 19 heavy (non-hydrogen) atoms. The summed E-state index contributed by atoms with van der Waals surface area (Å²) >= 11 is 0. The standard InChI is InChI=1S/C17H27NO/c1-4-13(2)14-6-8-15(9-7-14)16(18)12-17(19-3)10-5-11-17/h6-9,13,16H,4-5,10-12,18H2,1-3H3. The third-order valence-electron chi connectivity index (χ3n) is 4.84. The summed E-state index contributed by atoms with van der Waals surface area (Å²) in [6.07, 6.45) is 5.70. The SMILES string of the molecule is CCC(C)c1ccc(C(N)CC2(OC)CCC2)cc1. The van der Waals surface area contributed by atoms with Crippen LogP contribution in [0.4, 0.5) is 0 Å². The molecule has 2 nitrogen and oxygen atoms in total. The molecule has 0 aromatic heterocycles. The van der Waals surface area contributed by atoms with Gasteiger partial charge in [0.15, 0.2) is 0 Å². The van der Waals surface area contributed by atoms with Gasteiger partial charge in [0.05, 0.1) is 5.60 Å². The van der Waals surface area contributed by atoms with Crippen molar-refractivity contribution in [2.75, 3.05) is 7.11 Å². The van der Waals surface area contributed by atoms with E-state index in [0.717, 1.165) is 19.3 Å². The Bertz CT molecular complexity index is 389. The molecule has 0 spiro atoms. The Balaban J connectivity index is 2.01. The molecule has 1 fully saturated rings. The van der Waals surface area contributed by atoms with Gasteiger partial charge in [0.2, 0.25) is 0 Å². The number of hydrogen-bond donors (Lipinski definition) is 1. The maximum atomic E-state index is 6.34. The Kier molecular flexibility index (Phi) is 4.64. The van der Waals surface area contributed by atoms with Gasteiger partial charge in [-0.25, -0.2) is 0 Å². The Labute approximate surface area is 117 Å². The molecule has 2 rings (SSSR count). The van der Waals surface area contributed by atoms with Gasteiger partial charge in [0.25, 0.3) is 0 Å². The van der Waals surface area contributed by atoms with Gasteiger partial charge in [0, 0.05) is 13.2 Å². The van der Waals surface area contributed by atoms with Crippen LogP contribution in [-0.2, 0) is 4.74 Å². The zero-order chi connectivity index (χ0) is 13.9. The molecule has 2 atom stereocenters. The van der Waals surface area contributed by atoms with Crippen LogP contribution in [0.3, 0.4) is 0 Å². The fraction of sp³-hybridized carbons (Fsp3) is 0.647. The van der Waals surface area contributed by atoms with E-state index < -0.39 is 0 Å². The van der Waals surface area contributed by atoms with Crippen LogP contribution in [-0.4, -0.2) is 12.7 Å². The number of rotatable bonds is 6. The summed E-state index contributed by atoms with van der Waals surface area (Å²) in [6.45, 7) is 4.49. The lowest BCUT2D eigenvalue weighted by atomic mass is 9.75. The summed E-state index contributed by atoms with van der Waals surface area (Å²) in [4.78, 5) is 0. The molecule has 0 saturated heterocycles. The first-order valence-electron chi connectivity index (χ1n) is 7.51. The van der Waals surface area contributed by atoms with E-state index in [2.05, 4.69) is 38.1 Å². The lowest BCUT2D eigenvalue weighted by molar-refractivity contribution is -0.0816. The second-order valence-corrected chi connectivity index (χ2v) is 6.03. The lowest BCUT2D eigenvalue weighted by Gasteiger charge is -2.42. The molecular weight excluding hydrogens is 234 g/mol. The number of benzene rings is 1. The Morgan fingerprint density at radius 2 is 1.79 bits per heavy atom. The number of ether oxygens (including phenoxy) is 1. The number of methoxy groups -OCH3 is 1. The van der Waals surface area contributed by atoms with Crippen LogP contribution in [0.15, 0.2) is 24.3 Å². The van der Waals surface area contributed by atoms with Gasteiger partial charge in [-0.2, -0.15) is 0 Å². The van der Waals surface area contributed by atoms with Crippen molar-refractivity contribution >= 4 is 0 Å². The van der Waals surface area contributed by atoms with Crippen LogP contribution in [0.2, 0.25) is 0 Å². The van der Waals surface area contributed by atoms with Gasteiger partial charge in [-0.15, -0.1) is 0 Å². The molecule has 1 aromatic carbocycles. The van der Waals surface area contributed by atoms with E-state index in [1.807, 2.05) is 7.11 Å². The first-order chi connectivity index (χ1) is 9.10. The molecule has 1 aliphatic carbocycles. The Morgan fingerprint density at radius 1 is 1.21 bits per heavy atom. The molecule has 0 bridgehead atoms. The maximum Gasteiger partial charge on any atom is 0.0696 e. The highest BCUT2D eigenvalue weighted by molar-refractivity contribution is 5.27. The molecule has 1 aliphatic rings. The average Bonchev–Trinajstić information content (AvgIpc) is 2.42. The molecule has 0 amide bonds. The fourth-order valence-corrected chi connectivity index (χ4v) is 2.89. The van der Waals surface area contributed by atoms with E-state index in [4.69, 9.17) is 10.5 Å². The van der Waals surface area contributed by atoms with E-state index in [0.29, 0.717) is 5.92 Å². The number of hydrogen-bond acceptors (Lipinski definition) is 2. The largest absolute Gasteiger partial charge is 0.378 e. The predicted octanol–water partition coefficient (Wildman–Crippen LogP) is 4.16. The topological polar surface area (TPSA) is 35.2 Å². The lowest BCUT2D eigenvalue weighted by Crippen LogP contribution is -2.41. The zero-order valence-corrected chi connectivity index (χ0v) is 12.5. The summed E-state index contributed by atoms with van der Waals surface area (Å²) in [7, 11) is 1.82. The molecule has 2 unspecified atom stereocenters. The maximum absolute atomic E-state index is 6.34. The normalized spacial score (nSPS) is 20.6. The van der Waals surface area contributed by atoms with Gasteiger partial charge in [0.1, 0.15) is 0 Å². The van der Waals surface area contributed by atoms with Crippen molar-refractivity contribution in [3.63, 3.8) is 0 Å². The van der Waals surface area contributed by atoms with Crippen LogP contribution in [0.5, 0.6) is 0 Å². The van der Waals surface area contributed by atoms with Gasteiger partial charge in [-0.3, -0.25) is 0 Å². The zero-order valence-electron chi connectivity index (χ0n) is 12.5. The van der Waals surface area contributed by atoms with Gasteiger partial charge < -0.3 is 10.5 Å². The minimum absolute atomic E-state index is 0.0504. The highest BCUT2D eigenvalue weighted by Gasteiger charge is 2.38. The minimum atomic E-state index is 0.0504. The summed E-state index contributed by atoms with van der Waals surface area (Å²) in [5.41, 5.74) is 9.03. The molecule has 2 heteroatoms. The van der Waals surface area contributed by atoms with Crippen molar-refractivity contribution in [1.29, 1.82) is 0 Å². The number of nitrogens with two attached hydrogens (primary N) is 1. The molecule has 0 radical (unpaired) electrons. The molecule has 1 aromatic rings. The van der Waals surface area contributed by atoms with Crippen LogP contribution in [0.25, 0.3) is 0 Å². The Hall–Kier alpha value is -0.860. The smallest absolute Gasteiger partial charge is 0.0696 e.